The molecule has 0 unspecified atom stereocenters. The van der Waals surface area contributed by atoms with Crippen molar-refractivity contribution in [3.8, 4) is 5.75 Å². The van der Waals surface area contributed by atoms with Crippen LogP contribution in [0.15, 0.2) is 18.2 Å². The van der Waals surface area contributed by atoms with Crippen LogP contribution in [0.1, 0.15) is 39.2 Å². The molecule has 0 aliphatic carbocycles. The molecule has 0 N–H and O–H groups in total. The summed E-state index contributed by atoms with van der Waals surface area (Å²) < 4.78 is 18.9. The molecular weight excluding hydrogens is 191 g/mol. The van der Waals surface area contributed by atoms with E-state index in [9.17, 15) is 4.39 Å². The van der Waals surface area contributed by atoms with E-state index in [0.717, 1.165) is 11.3 Å². The maximum absolute atomic E-state index is 13.4. The summed E-state index contributed by atoms with van der Waals surface area (Å²) in [5.41, 5.74) is 0.719. The van der Waals surface area contributed by atoms with Crippen LogP contribution in [0.4, 0.5) is 4.39 Å². The molecule has 0 aromatic heterocycles. The van der Waals surface area contributed by atoms with Crippen molar-refractivity contribution >= 4 is 0 Å². The van der Waals surface area contributed by atoms with Crippen molar-refractivity contribution in [2.24, 2.45) is 5.92 Å². The van der Waals surface area contributed by atoms with Crippen LogP contribution in [0.2, 0.25) is 0 Å². The summed E-state index contributed by atoms with van der Waals surface area (Å²) in [5.74, 6) is 1.28. The number of rotatable bonds is 4. The predicted molar refractivity (Wildman–Crippen MR) is 60.8 cm³/mol. The molecule has 1 nitrogen and oxygen atoms in total. The smallest absolute Gasteiger partial charge is 0.126 e. The lowest BCUT2D eigenvalue weighted by Crippen LogP contribution is -2.05. The average Bonchev–Trinajstić information content (AvgIpc) is 2.16. The molecule has 0 amide bonds. The van der Waals surface area contributed by atoms with Gasteiger partial charge in [-0.15, -0.1) is 0 Å². The number of hydrogen-bond donors (Lipinski definition) is 0. The van der Waals surface area contributed by atoms with Crippen molar-refractivity contribution in [3.63, 3.8) is 0 Å². The third-order valence-electron chi connectivity index (χ3n) is 2.17. The molecule has 0 fully saturated rings. The van der Waals surface area contributed by atoms with Crippen molar-refractivity contribution < 1.29 is 9.13 Å². The molecule has 0 radical (unpaired) electrons. The van der Waals surface area contributed by atoms with Crippen LogP contribution in [0, 0.1) is 11.7 Å². The van der Waals surface area contributed by atoms with E-state index < -0.39 is 0 Å². The van der Waals surface area contributed by atoms with E-state index in [1.165, 1.54) is 6.07 Å². The van der Waals surface area contributed by atoms with Gasteiger partial charge >= 0.3 is 0 Å². The molecule has 84 valence electrons. The largest absolute Gasteiger partial charge is 0.493 e. The van der Waals surface area contributed by atoms with Crippen LogP contribution in [0.3, 0.4) is 0 Å². The van der Waals surface area contributed by atoms with Crippen LogP contribution < -0.4 is 4.74 Å². The van der Waals surface area contributed by atoms with Crippen molar-refractivity contribution in [3.05, 3.63) is 29.6 Å². The maximum Gasteiger partial charge on any atom is 0.126 e. The summed E-state index contributed by atoms with van der Waals surface area (Å²) in [6.45, 7) is 8.80. The minimum absolute atomic E-state index is 0.151. The zero-order valence-corrected chi connectivity index (χ0v) is 9.88. The van der Waals surface area contributed by atoms with Crippen molar-refractivity contribution in [2.75, 3.05) is 6.61 Å². The topological polar surface area (TPSA) is 9.23 Å². The fourth-order valence-corrected chi connectivity index (χ4v) is 1.32. The van der Waals surface area contributed by atoms with Gasteiger partial charge in [-0.3, -0.25) is 0 Å². The van der Waals surface area contributed by atoms with E-state index in [0.29, 0.717) is 12.5 Å². The van der Waals surface area contributed by atoms with Crippen LogP contribution in [-0.4, -0.2) is 6.61 Å². The Balaban J connectivity index is 2.78. The van der Waals surface area contributed by atoms with Gasteiger partial charge in [0.2, 0.25) is 0 Å². The fourth-order valence-electron chi connectivity index (χ4n) is 1.32. The molecule has 0 atom stereocenters. The second-order valence-electron chi connectivity index (χ2n) is 4.54. The predicted octanol–water partition coefficient (Wildman–Crippen LogP) is 3.98. The Morgan fingerprint density at radius 2 is 1.87 bits per heavy atom. The van der Waals surface area contributed by atoms with Gasteiger partial charge in [0.15, 0.2) is 0 Å². The first kappa shape index (κ1) is 12.0. The molecule has 0 aliphatic heterocycles. The van der Waals surface area contributed by atoms with Crippen LogP contribution in [0.25, 0.3) is 0 Å². The first-order valence-electron chi connectivity index (χ1n) is 5.43. The summed E-state index contributed by atoms with van der Waals surface area (Å²) in [7, 11) is 0. The Hall–Kier alpha value is -1.05. The molecule has 0 spiro atoms. The van der Waals surface area contributed by atoms with Gasteiger partial charge in [0.1, 0.15) is 11.6 Å². The summed E-state index contributed by atoms with van der Waals surface area (Å²) in [4.78, 5) is 0. The average molecular weight is 210 g/mol. The highest BCUT2D eigenvalue weighted by Crippen LogP contribution is 2.23. The van der Waals surface area contributed by atoms with Gasteiger partial charge < -0.3 is 4.74 Å². The normalized spacial score (nSPS) is 11.1. The monoisotopic (exact) mass is 210 g/mol. The molecule has 0 aliphatic rings. The van der Waals surface area contributed by atoms with E-state index in [1.54, 1.807) is 12.1 Å². The minimum Gasteiger partial charge on any atom is -0.493 e. The molecule has 15 heavy (non-hydrogen) atoms. The van der Waals surface area contributed by atoms with Crippen molar-refractivity contribution in [2.45, 2.75) is 33.6 Å². The van der Waals surface area contributed by atoms with Crippen molar-refractivity contribution in [1.29, 1.82) is 0 Å². The van der Waals surface area contributed by atoms with Gasteiger partial charge in [0.05, 0.1) is 6.61 Å². The Labute approximate surface area is 91.3 Å². The maximum atomic E-state index is 13.4. The first-order chi connectivity index (χ1) is 7.00. The summed E-state index contributed by atoms with van der Waals surface area (Å²) in [6, 6.07) is 4.96. The summed E-state index contributed by atoms with van der Waals surface area (Å²) >= 11 is 0. The molecule has 2 heteroatoms. The molecule has 0 heterocycles. The molecule has 0 saturated carbocycles. The number of benzene rings is 1. The SMILES string of the molecule is CC(C)COc1ccc(F)c(C(C)C)c1. The number of ether oxygens (including phenoxy) is 1. The van der Waals surface area contributed by atoms with Gasteiger partial charge in [0, 0.05) is 0 Å². The van der Waals surface area contributed by atoms with Crippen LogP contribution in [-0.2, 0) is 0 Å². The highest BCUT2D eigenvalue weighted by Gasteiger charge is 2.08. The molecule has 0 saturated heterocycles. The standard InChI is InChI=1S/C13H19FO/c1-9(2)8-15-11-5-6-13(14)12(7-11)10(3)4/h5-7,9-10H,8H2,1-4H3. The summed E-state index contributed by atoms with van der Waals surface area (Å²) in [5, 5.41) is 0. The Morgan fingerprint density at radius 3 is 2.40 bits per heavy atom. The Morgan fingerprint density at radius 1 is 1.20 bits per heavy atom. The highest BCUT2D eigenvalue weighted by atomic mass is 19.1. The lowest BCUT2D eigenvalue weighted by molar-refractivity contribution is 0.270. The third kappa shape index (κ3) is 3.54. The van der Waals surface area contributed by atoms with Gasteiger partial charge in [0.25, 0.3) is 0 Å². The van der Waals surface area contributed by atoms with Crippen molar-refractivity contribution in [1.82, 2.24) is 0 Å². The zero-order valence-electron chi connectivity index (χ0n) is 9.88. The summed E-state index contributed by atoms with van der Waals surface area (Å²) in [6.07, 6.45) is 0. The number of hydrogen-bond acceptors (Lipinski definition) is 1. The van der Waals surface area contributed by atoms with E-state index >= 15 is 0 Å². The lowest BCUT2D eigenvalue weighted by Gasteiger charge is -2.12. The molecular formula is C13H19FO. The molecule has 0 bridgehead atoms. The van der Waals surface area contributed by atoms with E-state index in [4.69, 9.17) is 4.74 Å². The van der Waals surface area contributed by atoms with E-state index in [-0.39, 0.29) is 11.7 Å². The van der Waals surface area contributed by atoms with E-state index in [1.807, 2.05) is 13.8 Å². The first-order valence-corrected chi connectivity index (χ1v) is 5.43. The quantitative estimate of drug-likeness (QED) is 0.730. The fraction of sp³-hybridized carbons (Fsp3) is 0.538. The second-order valence-corrected chi connectivity index (χ2v) is 4.54. The highest BCUT2D eigenvalue weighted by molar-refractivity contribution is 5.31. The molecule has 1 aromatic carbocycles. The Kier molecular flexibility index (Phi) is 4.13. The molecule has 1 aromatic rings. The third-order valence-corrected chi connectivity index (χ3v) is 2.17. The second kappa shape index (κ2) is 5.15. The zero-order chi connectivity index (χ0) is 11.4. The van der Waals surface area contributed by atoms with Gasteiger partial charge in [-0.25, -0.2) is 4.39 Å². The van der Waals surface area contributed by atoms with Crippen LogP contribution >= 0.6 is 0 Å². The molecule has 1 rings (SSSR count). The van der Waals surface area contributed by atoms with Gasteiger partial charge in [-0.1, -0.05) is 27.7 Å². The minimum atomic E-state index is -0.151. The van der Waals surface area contributed by atoms with Gasteiger partial charge in [-0.05, 0) is 35.6 Å². The Bertz CT molecular complexity index is 318. The lowest BCUT2D eigenvalue weighted by atomic mass is 10.0. The number of halogens is 1. The van der Waals surface area contributed by atoms with E-state index in [2.05, 4.69) is 13.8 Å². The van der Waals surface area contributed by atoms with Gasteiger partial charge in [-0.2, -0.15) is 0 Å². The van der Waals surface area contributed by atoms with Crippen LogP contribution in [0.5, 0.6) is 5.75 Å².